The maximum absolute atomic E-state index is 14.7. The maximum atomic E-state index is 14.7. The van der Waals surface area contributed by atoms with Crippen molar-refractivity contribution in [3.8, 4) is 5.75 Å². The first kappa shape index (κ1) is 31.9. The lowest BCUT2D eigenvalue weighted by atomic mass is 10.0. The maximum Gasteiger partial charge on any atom is 0.432 e. The van der Waals surface area contributed by atoms with Gasteiger partial charge in [-0.25, -0.2) is 13.6 Å². The number of carbonyl (C=O) groups excluding carboxylic acids is 2. The number of unbranched alkanes of at least 4 members (excludes halogenated alkanes) is 6. The van der Waals surface area contributed by atoms with Gasteiger partial charge in [-0.3, -0.25) is 4.79 Å². The zero-order valence-corrected chi connectivity index (χ0v) is 22.3. The lowest BCUT2D eigenvalue weighted by molar-refractivity contribution is -0.189. The molecule has 0 radical (unpaired) electrons. The molecule has 0 saturated heterocycles. The Balaban J connectivity index is 1.81. The minimum atomic E-state index is -4.20. The number of benzene rings is 2. The summed E-state index contributed by atoms with van der Waals surface area (Å²) in [7, 11) is 0. The quantitative estimate of drug-likeness (QED) is 0.0825. The molecule has 0 amide bonds. The van der Waals surface area contributed by atoms with Crippen molar-refractivity contribution >= 4 is 11.9 Å². The van der Waals surface area contributed by atoms with Gasteiger partial charge in [-0.15, -0.1) is 0 Å². The third kappa shape index (κ3) is 11.9. The van der Waals surface area contributed by atoms with Gasteiger partial charge < -0.3 is 14.2 Å². The molecule has 214 valence electrons. The predicted molar refractivity (Wildman–Crippen MR) is 139 cm³/mol. The van der Waals surface area contributed by atoms with E-state index in [0.717, 1.165) is 68.7 Å². The van der Waals surface area contributed by atoms with Crippen LogP contribution in [0.4, 0.5) is 17.6 Å². The van der Waals surface area contributed by atoms with E-state index in [9.17, 15) is 27.2 Å². The number of ether oxygens (including phenoxy) is 3. The van der Waals surface area contributed by atoms with Gasteiger partial charge in [0.2, 0.25) is 0 Å². The van der Waals surface area contributed by atoms with Crippen LogP contribution in [0.3, 0.4) is 0 Å². The Hall–Kier alpha value is -3.36. The van der Waals surface area contributed by atoms with Gasteiger partial charge in [0.25, 0.3) is 0 Å². The molecule has 2 rings (SSSR count). The molecule has 0 aromatic heterocycles. The fourth-order valence-electron chi connectivity index (χ4n) is 3.99. The van der Waals surface area contributed by atoms with Gasteiger partial charge in [-0.2, -0.15) is 8.78 Å². The summed E-state index contributed by atoms with van der Waals surface area (Å²) in [6.45, 7) is 5.34. The van der Waals surface area contributed by atoms with Crippen LogP contribution in [0.25, 0.3) is 0 Å². The normalized spacial score (nSPS) is 11.2. The molecule has 2 aromatic rings. The number of hydrogen-bond acceptors (Lipinski definition) is 5. The van der Waals surface area contributed by atoms with Crippen molar-refractivity contribution in [3.63, 3.8) is 0 Å². The van der Waals surface area contributed by atoms with E-state index in [0.29, 0.717) is 25.9 Å². The van der Waals surface area contributed by atoms with E-state index < -0.39 is 29.3 Å². The summed E-state index contributed by atoms with van der Waals surface area (Å²) >= 11 is 0. The van der Waals surface area contributed by atoms with Crippen LogP contribution in [0, 0.1) is 11.6 Å². The number of hydrogen-bond donors (Lipinski definition) is 0. The molecule has 0 N–H and O–H groups in total. The lowest BCUT2D eigenvalue weighted by Gasteiger charge is -2.20. The van der Waals surface area contributed by atoms with Crippen LogP contribution >= 0.6 is 0 Å². The van der Waals surface area contributed by atoms with Gasteiger partial charge in [-0.1, -0.05) is 44.4 Å². The molecule has 39 heavy (non-hydrogen) atoms. The number of aryl methyl sites for hydroxylation is 2. The van der Waals surface area contributed by atoms with Crippen molar-refractivity contribution in [2.45, 2.75) is 77.2 Å². The molecule has 2 aromatic carbocycles. The number of carbonyl (C=O) groups is 2. The van der Waals surface area contributed by atoms with Crippen LogP contribution in [0.5, 0.6) is 5.75 Å². The number of halogens is 4. The van der Waals surface area contributed by atoms with E-state index in [1.54, 1.807) is 12.1 Å². The van der Waals surface area contributed by atoms with Crippen LogP contribution in [-0.2, 0) is 38.0 Å². The molecule has 0 aliphatic heterocycles. The second-order valence-electron chi connectivity index (χ2n) is 9.24. The van der Waals surface area contributed by atoms with Crippen molar-refractivity contribution in [1.82, 2.24) is 0 Å². The van der Waals surface area contributed by atoms with Crippen LogP contribution in [-0.4, -0.2) is 25.2 Å². The molecule has 0 spiro atoms. The summed E-state index contributed by atoms with van der Waals surface area (Å²) < 4.78 is 73.0. The van der Waals surface area contributed by atoms with Crippen molar-refractivity contribution in [2.75, 3.05) is 13.2 Å². The van der Waals surface area contributed by atoms with E-state index >= 15 is 0 Å². The lowest BCUT2D eigenvalue weighted by Crippen LogP contribution is -2.25. The average Bonchev–Trinajstić information content (AvgIpc) is 2.87. The number of rotatable bonds is 18. The first-order chi connectivity index (χ1) is 18.6. The molecule has 0 saturated carbocycles. The van der Waals surface area contributed by atoms with E-state index in [1.807, 2.05) is 0 Å². The van der Waals surface area contributed by atoms with Crippen LogP contribution in [0.2, 0.25) is 0 Å². The summed E-state index contributed by atoms with van der Waals surface area (Å²) in [5.74, 6) is -3.72. The molecule has 0 aliphatic rings. The Bertz CT molecular complexity index is 1050. The van der Waals surface area contributed by atoms with Gasteiger partial charge in [0.15, 0.2) is 0 Å². The summed E-state index contributed by atoms with van der Waals surface area (Å²) in [5.41, 5.74) is -0.225. The summed E-state index contributed by atoms with van der Waals surface area (Å²) in [6, 6.07) is 7.82. The fraction of sp³-hybridized carbons (Fsp3) is 0.467. The summed E-state index contributed by atoms with van der Waals surface area (Å²) in [6.07, 6.45) is 4.16. The Labute approximate surface area is 227 Å². The van der Waals surface area contributed by atoms with Crippen LogP contribution < -0.4 is 4.74 Å². The highest BCUT2D eigenvalue weighted by molar-refractivity contribution is 5.81. The van der Waals surface area contributed by atoms with E-state index in [1.165, 1.54) is 19.1 Å². The number of esters is 2. The second kappa shape index (κ2) is 16.6. The molecular formula is C30H36F4O5. The Kier molecular flexibility index (Phi) is 13.5. The highest BCUT2D eigenvalue weighted by Crippen LogP contribution is 2.35. The molecule has 0 fully saturated rings. The third-order valence-electron chi connectivity index (χ3n) is 6.00. The Morgan fingerprint density at radius 1 is 0.795 bits per heavy atom. The summed E-state index contributed by atoms with van der Waals surface area (Å²) in [5, 5.41) is 0. The summed E-state index contributed by atoms with van der Waals surface area (Å²) in [4.78, 5) is 21.7. The van der Waals surface area contributed by atoms with Gasteiger partial charge in [-0.05, 0) is 73.9 Å². The molecule has 0 bridgehead atoms. The largest absolute Gasteiger partial charge is 0.466 e. The van der Waals surface area contributed by atoms with E-state index in [2.05, 4.69) is 6.58 Å². The molecule has 0 unspecified atom stereocenters. The SMILES string of the molecule is C=CC(=O)OCCCCCCc1cc(F)c(C(F)(F)Oc2ccc(CCCCCCOC(C)=O)cc2)c(F)c1. The second-order valence-corrected chi connectivity index (χ2v) is 9.24. The third-order valence-corrected chi connectivity index (χ3v) is 6.00. The minimum Gasteiger partial charge on any atom is -0.466 e. The smallest absolute Gasteiger partial charge is 0.432 e. The monoisotopic (exact) mass is 552 g/mol. The topological polar surface area (TPSA) is 61.8 Å². The minimum absolute atomic E-state index is 0.202. The highest BCUT2D eigenvalue weighted by atomic mass is 19.3. The predicted octanol–water partition coefficient (Wildman–Crippen LogP) is 7.59. The van der Waals surface area contributed by atoms with Crippen LogP contribution in [0.15, 0.2) is 49.1 Å². The standard InChI is InChI=1S/C30H36F4O5/c1-3-28(36)38-19-11-7-5-9-13-24-20-26(31)29(27(32)21-24)30(33,34)39-25-16-14-23(15-17-25)12-8-4-6-10-18-37-22(2)35/h3,14-17,20-21H,1,4-13,18-19H2,2H3. The zero-order chi connectivity index (χ0) is 28.7. The Morgan fingerprint density at radius 3 is 1.85 bits per heavy atom. The molecule has 0 heterocycles. The van der Waals surface area contributed by atoms with Crippen molar-refractivity contribution in [1.29, 1.82) is 0 Å². The van der Waals surface area contributed by atoms with E-state index in [-0.39, 0.29) is 23.9 Å². The molecule has 0 aliphatic carbocycles. The Morgan fingerprint density at radius 2 is 1.31 bits per heavy atom. The highest BCUT2D eigenvalue weighted by Gasteiger charge is 2.41. The van der Waals surface area contributed by atoms with Crippen molar-refractivity contribution in [3.05, 3.63) is 77.4 Å². The van der Waals surface area contributed by atoms with Gasteiger partial charge in [0, 0.05) is 13.0 Å². The average molecular weight is 553 g/mol. The zero-order valence-electron chi connectivity index (χ0n) is 22.3. The van der Waals surface area contributed by atoms with Crippen molar-refractivity contribution < 1.29 is 41.4 Å². The van der Waals surface area contributed by atoms with Gasteiger partial charge >= 0.3 is 18.0 Å². The van der Waals surface area contributed by atoms with E-state index in [4.69, 9.17) is 14.2 Å². The first-order valence-electron chi connectivity index (χ1n) is 13.2. The van der Waals surface area contributed by atoms with Gasteiger partial charge in [0.1, 0.15) is 22.9 Å². The molecular weight excluding hydrogens is 516 g/mol. The molecule has 9 heteroatoms. The first-order valence-corrected chi connectivity index (χ1v) is 13.2. The molecule has 5 nitrogen and oxygen atoms in total. The number of alkyl halides is 2. The van der Waals surface area contributed by atoms with Crippen LogP contribution in [0.1, 0.15) is 75.0 Å². The molecule has 0 atom stereocenters. The fourth-order valence-corrected chi connectivity index (χ4v) is 3.99. The van der Waals surface area contributed by atoms with Gasteiger partial charge in [0.05, 0.1) is 13.2 Å². The van der Waals surface area contributed by atoms with Crippen molar-refractivity contribution in [2.24, 2.45) is 0 Å².